The molecule has 0 unspecified atom stereocenters. The molecule has 0 aliphatic rings. The monoisotopic (exact) mass is 267 g/mol. The van der Waals surface area contributed by atoms with Crippen molar-refractivity contribution in [2.75, 3.05) is 0 Å². The first-order valence-electron chi connectivity index (χ1n) is 5.14. The van der Waals surface area contributed by atoms with E-state index in [4.69, 9.17) is 17.3 Å². The van der Waals surface area contributed by atoms with E-state index in [1.807, 2.05) is 6.92 Å². The van der Waals surface area contributed by atoms with E-state index in [9.17, 15) is 13.2 Å². The highest BCUT2D eigenvalue weighted by Gasteiger charge is 2.32. The predicted octanol–water partition coefficient (Wildman–Crippen LogP) is 4.04. The fourth-order valence-electron chi connectivity index (χ4n) is 1.43. The standard InChI is InChI=1S/C11H13ClF3NO/c1-2-3-9(16)7-4-5-10(8(12)6-7)17-11(13,14)15/h4-6,9H,2-3,16H2,1H3/t9-/m0/s1. The van der Waals surface area contributed by atoms with Gasteiger partial charge in [0.15, 0.2) is 0 Å². The van der Waals surface area contributed by atoms with Crippen LogP contribution in [0.3, 0.4) is 0 Å². The fraction of sp³-hybridized carbons (Fsp3) is 0.455. The molecule has 0 aliphatic heterocycles. The quantitative estimate of drug-likeness (QED) is 0.894. The van der Waals surface area contributed by atoms with E-state index in [0.29, 0.717) is 5.56 Å². The second kappa shape index (κ2) is 5.60. The van der Waals surface area contributed by atoms with E-state index in [1.54, 1.807) is 0 Å². The van der Waals surface area contributed by atoms with Crippen LogP contribution in [0.5, 0.6) is 5.75 Å². The van der Waals surface area contributed by atoms with Gasteiger partial charge >= 0.3 is 6.36 Å². The number of alkyl halides is 3. The van der Waals surface area contributed by atoms with Crippen molar-refractivity contribution in [2.45, 2.75) is 32.2 Å². The summed E-state index contributed by atoms with van der Waals surface area (Å²) in [5.74, 6) is -0.411. The highest BCUT2D eigenvalue weighted by Crippen LogP contribution is 2.32. The van der Waals surface area contributed by atoms with Crippen molar-refractivity contribution in [3.05, 3.63) is 28.8 Å². The lowest BCUT2D eigenvalue weighted by Crippen LogP contribution is -2.17. The zero-order valence-corrected chi connectivity index (χ0v) is 9.98. The maximum atomic E-state index is 12.0. The second-order valence-corrected chi connectivity index (χ2v) is 4.04. The molecular weight excluding hydrogens is 255 g/mol. The highest BCUT2D eigenvalue weighted by molar-refractivity contribution is 6.32. The minimum Gasteiger partial charge on any atom is -0.404 e. The Kier molecular flexibility index (Phi) is 4.65. The summed E-state index contributed by atoms with van der Waals surface area (Å²) in [7, 11) is 0. The Hall–Kier alpha value is -0.940. The molecule has 96 valence electrons. The summed E-state index contributed by atoms with van der Waals surface area (Å²) in [6.07, 6.45) is -3.11. The lowest BCUT2D eigenvalue weighted by molar-refractivity contribution is -0.274. The van der Waals surface area contributed by atoms with Crippen molar-refractivity contribution in [2.24, 2.45) is 5.73 Å². The molecule has 1 rings (SSSR count). The molecule has 0 radical (unpaired) electrons. The zero-order valence-electron chi connectivity index (χ0n) is 9.22. The lowest BCUT2D eigenvalue weighted by atomic mass is 10.0. The normalized spacial score (nSPS) is 13.5. The number of hydrogen-bond acceptors (Lipinski definition) is 2. The molecule has 17 heavy (non-hydrogen) atoms. The minimum absolute atomic E-state index is 0.0913. The summed E-state index contributed by atoms with van der Waals surface area (Å²) in [4.78, 5) is 0. The van der Waals surface area contributed by atoms with Crippen molar-refractivity contribution in [1.82, 2.24) is 0 Å². The maximum Gasteiger partial charge on any atom is 0.573 e. The van der Waals surface area contributed by atoms with Crippen LogP contribution < -0.4 is 10.5 Å². The third-order valence-corrected chi connectivity index (χ3v) is 2.50. The number of benzene rings is 1. The zero-order chi connectivity index (χ0) is 13.1. The molecule has 0 saturated carbocycles. The Morgan fingerprint density at radius 1 is 1.41 bits per heavy atom. The Labute approximate surface area is 103 Å². The van der Waals surface area contributed by atoms with E-state index in [0.717, 1.165) is 12.8 Å². The predicted molar refractivity (Wildman–Crippen MR) is 60.0 cm³/mol. The van der Waals surface area contributed by atoms with Crippen LogP contribution in [0.2, 0.25) is 5.02 Å². The molecular formula is C11H13ClF3NO. The van der Waals surface area contributed by atoms with E-state index < -0.39 is 12.1 Å². The van der Waals surface area contributed by atoms with Gasteiger partial charge in [-0.3, -0.25) is 0 Å². The Morgan fingerprint density at radius 2 is 2.06 bits per heavy atom. The van der Waals surface area contributed by atoms with Crippen molar-refractivity contribution in [3.63, 3.8) is 0 Å². The van der Waals surface area contributed by atoms with Gasteiger partial charge in [-0.15, -0.1) is 13.2 Å². The molecule has 0 fully saturated rings. The van der Waals surface area contributed by atoms with Crippen LogP contribution >= 0.6 is 11.6 Å². The molecule has 6 heteroatoms. The second-order valence-electron chi connectivity index (χ2n) is 3.63. The molecule has 0 bridgehead atoms. The first-order chi connectivity index (χ1) is 7.83. The molecule has 0 saturated heterocycles. The van der Waals surface area contributed by atoms with E-state index in [1.165, 1.54) is 18.2 Å². The van der Waals surface area contributed by atoms with Crippen LogP contribution in [-0.4, -0.2) is 6.36 Å². The smallest absolute Gasteiger partial charge is 0.404 e. The summed E-state index contributed by atoms with van der Waals surface area (Å²) < 4.78 is 39.7. The van der Waals surface area contributed by atoms with Crippen LogP contribution in [0.25, 0.3) is 0 Å². The van der Waals surface area contributed by atoms with Gasteiger partial charge in [-0.25, -0.2) is 0 Å². The topological polar surface area (TPSA) is 35.2 Å². The third kappa shape index (κ3) is 4.44. The molecule has 1 aromatic carbocycles. The number of ether oxygens (including phenoxy) is 1. The number of rotatable bonds is 4. The summed E-state index contributed by atoms with van der Waals surface area (Å²) in [6.45, 7) is 1.97. The van der Waals surface area contributed by atoms with Gasteiger partial charge in [0.1, 0.15) is 5.75 Å². The largest absolute Gasteiger partial charge is 0.573 e. The van der Waals surface area contributed by atoms with Crippen LogP contribution in [-0.2, 0) is 0 Å². The fourth-order valence-corrected chi connectivity index (χ4v) is 1.66. The molecule has 1 atom stereocenters. The molecule has 2 N–H and O–H groups in total. The summed E-state index contributed by atoms with van der Waals surface area (Å²) in [5, 5.41) is -0.0913. The SMILES string of the molecule is CCC[C@H](N)c1ccc(OC(F)(F)F)c(Cl)c1. The number of nitrogens with two attached hydrogens (primary N) is 1. The Bertz CT molecular complexity index is 381. The van der Waals surface area contributed by atoms with Crippen molar-refractivity contribution < 1.29 is 17.9 Å². The maximum absolute atomic E-state index is 12.0. The van der Waals surface area contributed by atoms with Crippen LogP contribution in [0.15, 0.2) is 18.2 Å². The van der Waals surface area contributed by atoms with E-state index >= 15 is 0 Å². The third-order valence-electron chi connectivity index (χ3n) is 2.21. The highest BCUT2D eigenvalue weighted by atomic mass is 35.5. The van der Waals surface area contributed by atoms with Gasteiger partial charge in [-0.2, -0.15) is 0 Å². The number of hydrogen-bond donors (Lipinski definition) is 1. The van der Waals surface area contributed by atoms with Crippen molar-refractivity contribution in [1.29, 1.82) is 0 Å². The van der Waals surface area contributed by atoms with E-state index in [-0.39, 0.29) is 11.1 Å². The van der Waals surface area contributed by atoms with Gasteiger partial charge in [-0.1, -0.05) is 31.0 Å². The van der Waals surface area contributed by atoms with E-state index in [2.05, 4.69) is 4.74 Å². The van der Waals surface area contributed by atoms with Crippen LogP contribution in [0.1, 0.15) is 31.4 Å². The molecule has 0 amide bonds. The van der Waals surface area contributed by atoms with Gasteiger partial charge < -0.3 is 10.5 Å². The van der Waals surface area contributed by atoms with Gasteiger partial charge in [0.05, 0.1) is 5.02 Å². The molecule has 0 spiro atoms. The van der Waals surface area contributed by atoms with Crippen LogP contribution in [0.4, 0.5) is 13.2 Å². The van der Waals surface area contributed by atoms with Crippen molar-refractivity contribution >= 4 is 11.6 Å². The summed E-state index contributed by atoms with van der Waals surface area (Å²) in [6, 6.07) is 3.86. The lowest BCUT2D eigenvalue weighted by Gasteiger charge is -2.14. The molecule has 1 aromatic rings. The first kappa shape index (κ1) is 14.1. The number of halogens is 4. The molecule has 0 aromatic heterocycles. The molecule has 0 aliphatic carbocycles. The van der Waals surface area contributed by atoms with Crippen LogP contribution in [0, 0.1) is 0 Å². The molecule has 2 nitrogen and oxygen atoms in total. The Morgan fingerprint density at radius 3 is 2.53 bits per heavy atom. The van der Waals surface area contributed by atoms with Gasteiger partial charge in [0, 0.05) is 6.04 Å². The minimum atomic E-state index is -4.74. The van der Waals surface area contributed by atoms with Crippen molar-refractivity contribution in [3.8, 4) is 5.75 Å². The first-order valence-corrected chi connectivity index (χ1v) is 5.52. The van der Waals surface area contributed by atoms with Gasteiger partial charge in [0.2, 0.25) is 0 Å². The summed E-state index contributed by atoms with van der Waals surface area (Å²) in [5.41, 5.74) is 6.53. The average molecular weight is 268 g/mol. The van der Waals surface area contributed by atoms with Gasteiger partial charge in [0.25, 0.3) is 0 Å². The Balaban J connectivity index is 2.86. The van der Waals surface area contributed by atoms with Gasteiger partial charge in [-0.05, 0) is 24.1 Å². The molecule has 0 heterocycles. The summed E-state index contributed by atoms with van der Waals surface area (Å²) >= 11 is 5.70. The average Bonchev–Trinajstić information content (AvgIpc) is 2.19.